The second kappa shape index (κ2) is 9.21. The lowest BCUT2D eigenvalue weighted by atomic mass is 10.2. The molecule has 1 aromatic carbocycles. The summed E-state index contributed by atoms with van der Waals surface area (Å²) in [5.74, 6) is 1.00. The van der Waals surface area contributed by atoms with Gasteiger partial charge in [0, 0.05) is 37.0 Å². The number of benzene rings is 1. The molecule has 0 radical (unpaired) electrons. The summed E-state index contributed by atoms with van der Waals surface area (Å²) in [4.78, 5) is 29.8. The van der Waals surface area contributed by atoms with Gasteiger partial charge in [0.1, 0.15) is 5.75 Å². The van der Waals surface area contributed by atoms with Gasteiger partial charge in [-0.1, -0.05) is 6.07 Å². The van der Waals surface area contributed by atoms with Gasteiger partial charge in [0.25, 0.3) is 5.91 Å². The molecular weight excluding hydrogens is 358 g/mol. The molecule has 1 aliphatic heterocycles. The molecule has 148 valence electrons. The highest BCUT2D eigenvalue weighted by Gasteiger charge is 2.21. The summed E-state index contributed by atoms with van der Waals surface area (Å²) in [5, 5.41) is 2.81. The van der Waals surface area contributed by atoms with Crippen molar-refractivity contribution in [2.24, 2.45) is 0 Å². The van der Waals surface area contributed by atoms with Crippen LogP contribution in [0.1, 0.15) is 32.3 Å². The van der Waals surface area contributed by atoms with Crippen molar-refractivity contribution in [1.29, 1.82) is 0 Å². The Labute approximate surface area is 164 Å². The lowest BCUT2D eigenvalue weighted by molar-refractivity contribution is -0.123. The van der Waals surface area contributed by atoms with Gasteiger partial charge in [-0.15, -0.1) is 0 Å². The first-order chi connectivity index (χ1) is 13.5. The second-order valence-corrected chi connectivity index (χ2v) is 6.84. The molecule has 0 spiro atoms. The van der Waals surface area contributed by atoms with Crippen molar-refractivity contribution in [3.05, 3.63) is 48.2 Å². The highest BCUT2D eigenvalue weighted by Crippen LogP contribution is 2.23. The minimum atomic E-state index is -0.238. The van der Waals surface area contributed by atoms with Crippen LogP contribution in [0.5, 0.6) is 11.6 Å². The molecule has 1 saturated heterocycles. The summed E-state index contributed by atoms with van der Waals surface area (Å²) in [5.41, 5.74) is 1.66. The second-order valence-electron chi connectivity index (χ2n) is 6.84. The highest BCUT2D eigenvalue weighted by atomic mass is 16.5. The van der Waals surface area contributed by atoms with E-state index < -0.39 is 0 Å². The number of carbonyl (C=O) groups is 2. The van der Waals surface area contributed by atoms with Gasteiger partial charge in [0.05, 0.1) is 6.10 Å². The largest absolute Gasteiger partial charge is 0.484 e. The predicted molar refractivity (Wildman–Crippen MR) is 105 cm³/mol. The predicted octanol–water partition coefficient (Wildman–Crippen LogP) is 2.69. The molecule has 0 unspecified atom stereocenters. The lowest BCUT2D eigenvalue weighted by Crippen LogP contribution is -2.28. The molecule has 2 amide bonds. The zero-order chi connectivity index (χ0) is 19.9. The first-order valence-electron chi connectivity index (χ1n) is 9.43. The molecule has 7 nitrogen and oxygen atoms in total. The van der Waals surface area contributed by atoms with Crippen LogP contribution < -0.4 is 19.7 Å². The van der Waals surface area contributed by atoms with Gasteiger partial charge in [-0.3, -0.25) is 9.59 Å². The minimum absolute atomic E-state index is 0.00603. The maximum Gasteiger partial charge on any atom is 0.258 e. The van der Waals surface area contributed by atoms with E-state index in [2.05, 4.69) is 10.3 Å². The first kappa shape index (κ1) is 19.7. The summed E-state index contributed by atoms with van der Waals surface area (Å²) >= 11 is 0. The van der Waals surface area contributed by atoms with Crippen LogP contribution in [-0.2, 0) is 16.1 Å². The molecule has 0 saturated carbocycles. The van der Waals surface area contributed by atoms with Crippen LogP contribution in [0.3, 0.4) is 0 Å². The van der Waals surface area contributed by atoms with Gasteiger partial charge in [-0.2, -0.15) is 0 Å². The van der Waals surface area contributed by atoms with Crippen LogP contribution in [0, 0.1) is 0 Å². The number of carbonyl (C=O) groups excluding carboxylic acids is 2. The van der Waals surface area contributed by atoms with E-state index in [1.165, 1.54) is 0 Å². The van der Waals surface area contributed by atoms with E-state index >= 15 is 0 Å². The summed E-state index contributed by atoms with van der Waals surface area (Å²) in [6.07, 6.45) is 3.15. The Bertz CT molecular complexity index is 821. The molecule has 28 heavy (non-hydrogen) atoms. The Hall–Kier alpha value is -3.09. The zero-order valence-corrected chi connectivity index (χ0v) is 16.2. The molecule has 0 atom stereocenters. The lowest BCUT2D eigenvalue weighted by Gasteiger charge is -2.16. The normalized spacial score (nSPS) is 13.7. The van der Waals surface area contributed by atoms with Crippen molar-refractivity contribution in [3.8, 4) is 11.6 Å². The third-order valence-corrected chi connectivity index (χ3v) is 4.27. The van der Waals surface area contributed by atoms with Crippen LogP contribution in [-0.4, -0.2) is 36.1 Å². The van der Waals surface area contributed by atoms with Crippen LogP contribution in [0.25, 0.3) is 0 Å². The fourth-order valence-electron chi connectivity index (χ4n) is 2.93. The van der Waals surface area contributed by atoms with Gasteiger partial charge >= 0.3 is 0 Å². The van der Waals surface area contributed by atoms with Crippen molar-refractivity contribution in [2.75, 3.05) is 18.1 Å². The number of nitrogens with one attached hydrogen (secondary N) is 1. The monoisotopic (exact) mass is 383 g/mol. The van der Waals surface area contributed by atoms with Crippen LogP contribution >= 0.6 is 0 Å². The minimum Gasteiger partial charge on any atom is -0.484 e. The molecule has 2 aromatic rings. The topological polar surface area (TPSA) is 80.8 Å². The van der Waals surface area contributed by atoms with Crippen molar-refractivity contribution < 1.29 is 19.1 Å². The fraction of sp³-hybridized carbons (Fsp3) is 0.381. The zero-order valence-electron chi connectivity index (χ0n) is 16.2. The third-order valence-electron chi connectivity index (χ3n) is 4.27. The highest BCUT2D eigenvalue weighted by molar-refractivity contribution is 5.95. The van der Waals surface area contributed by atoms with Gasteiger partial charge in [0.2, 0.25) is 11.8 Å². The number of pyridine rings is 1. The Morgan fingerprint density at radius 1 is 1.25 bits per heavy atom. The quantitative estimate of drug-likeness (QED) is 0.758. The van der Waals surface area contributed by atoms with Gasteiger partial charge in [-0.05, 0) is 50.6 Å². The number of anilines is 1. The first-order valence-corrected chi connectivity index (χ1v) is 9.43. The molecule has 1 aromatic heterocycles. The molecule has 0 bridgehead atoms. The maximum absolute atomic E-state index is 12.1. The third kappa shape index (κ3) is 5.22. The number of aromatic nitrogens is 1. The van der Waals surface area contributed by atoms with Gasteiger partial charge in [-0.25, -0.2) is 4.98 Å². The average Bonchev–Trinajstić information content (AvgIpc) is 3.11. The van der Waals surface area contributed by atoms with Crippen molar-refractivity contribution in [3.63, 3.8) is 0 Å². The Balaban J connectivity index is 1.48. The number of nitrogens with zero attached hydrogens (tertiary/aromatic N) is 2. The number of ether oxygens (including phenoxy) is 2. The maximum atomic E-state index is 12.1. The Morgan fingerprint density at radius 2 is 2.04 bits per heavy atom. The Morgan fingerprint density at radius 3 is 2.71 bits per heavy atom. The molecule has 1 fully saturated rings. The molecular formula is C21H25N3O4. The standard InChI is InChI=1S/C21H25N3O4/c1-15(2)28-21-16(5-3-11-22-21)13-23-19(25)14-27-18-9-7-17(8-10-18)24-12-4-6-20(24)26/h3,5,7-11,15H,4,6,12-14H2,1-2H3,(H,23,25). The van der Waals surface area contributed by atoms with E-state index in [0.29, 0.717) is 24.6 Å². The molecule has 3 rings (SSSR count). The molecule has 7 heteroatoms. The molecule has 0 aliphatic carbocycles. The summed E-state index contributed by atoms with van der Waals surface area (Å²) < 4.78 is 11.2. The SMILES string of the molecule is CC(C)Oc1ncccc1CNC(=O)COc1ccc(N2CCCC2=O)cc1. The van der Waals surface area contributed by atoms with E-state index in [9.17, 15) is 9.59 Å². The molecule has 1 aliphatic rings. The van der Waals surface area contributed by atoms with Gasteiger partial charge < -0.3 is 19.7 Å². The van der Waals surface area contributed by atoms with E-state index in [-0.39, 0.29) is 24.5 Å². The van der Waals surface area contributed by atoms with Crippen molar-refractivity contribution in [1.82, 2.24) is 10.3 Å². The Kier molecular flexibility index (Phi) is 6.47. The smallest absolute Gasteiger partial charge is 0.258 e. The van der Waals surface area contributed by atoms with E-state index in [1.807, 2.05) is 32.0 Å². The van der Waals surface area contributed by atoms with Crippen molar-refractivity contribution in [2.45, 2.75) is 39.3 Å². The number of hydrogen-bond donors (Lipinski definition) is 1. The summed E-state index contributed by atoms with van der Waals surface area (Å²) in [6, 6.07) is 10.9. The number of amides is 2. The van der Waals surface area contributed by atoms with Crippen LogP contribution in [0.15, 0.2) is 42.6 Å². The van der Waals surface area contributed by atoms with E-state index in [1.54, 1.807) is 29.3 Å². The molecule has 2 heterocycles. The molecule has 1 N–H and O–H groups in total. The van der Waals surface area contributed by atoms with E-state index in [4.69, 9.17) is 9.47 Å². The van der Waals surface area contributed by atoms with Crippen LogP contribution in [0.4, 0.5) is 5.69 Å². The number of hydrogen-bond acceptors (Lipinski definition) is 5. The summed E-state index contributed by atoms with van der Waals surface area (Å²) in [6.45, 7) is 4.82. The van der Waals surface area contributed by atoms with Gasteiger partial charge in [0.15, 0.2) is 6.61 Å². The average molecular weight is 383 g/mol. The van der Waals surface area contributed by atoms with E-state index in [0.717, 1.165) is 24.2 Å². The summed E-state index contributed by atoms with van der Waals surface area (Å²) in [7, 11) is 0. The van der Waals surface area contributed by atoms with Crippen LogP contribution in [0.2, 0.25) is 0 Å². The number of rotatable bonds is 8. The van der Waals surface area contributed by atoms with Crippen molar-refractivity contribution >= 4 is 17.5 Å². The fourth-order valence-corrected chi connectivity index (χ4v) is 2.93.